The third-order valence-corrected chi connectivity index (χ3v) is 5.93. The molecule has 0 saturated carbocycles. The molecule has 0 spiro atoms. The van der Waals surface area contributed by atoms with Crippen molar-refractivity contribution in [3.8, 4) is 0 Å². The summed E-state index contributed by atoms with van der Waals surface area (Å²) in [5.41, 5.74) is 0.878. The second-order valence-corrected chi connectivity index (χ2v) is 8.18. The first kappa shape index (κ1) is 16.0. The van der Waals surface area contributed by atoms with Crippen LogP contribution in [0.5, 0.6) is 0 Å². The van der Waals surface area contributed by atoms with Crippen molar-refractivity contribution in [1.82, 2.24) is 4.90 Å². The number of nitrogens with zero attached hydrogens (tertiary/aromatic N) is 1. The Morgan fingerprint density at radius 2 is 2.04 bits per heavy atom. The van der Waals surface area contributed by atoms with Gasteiger partial charge in [-0.3, -0.25) is 0 Å². The van der Waals surface area contributed by atoms with Crippen LogP contribution < -0.4 is 5.32 Å². The van der Waals surface area contributed by atoms with Gasteiger partial charge in [-0.25, -0.2) is 8.42 Å². The molecule has 23 heavy (non-hydrogen) atoms. The van der Waals surface area contributed by atoms with Crippen LogP contribution in [0.25, 0.3) is 0 Å². The molecule has 1 atom stereocenters. The van der Waals surface area contributed by atoms with E-state index in [4.69, 9.17) is 16.6 Å². The summed E-state index contributed by atoms with van der Waals surface area (Å²) >= 11 is 5.52. The summed E-state index contributed by atoms with van der Waals surface area (Å²) in [7, 11) is -2.99. The molecule has 2 heterocycles. The molecule has 0 bridgehead atoms. The van der Waals surface area contributed by atoms with Gasteiger partial charge in [0.25, 0.3) is 0 Å². The SMILES string of the molecule is O=S1(=O)CCC(N(Cc2ccco2)C(=S)Nc2ccccc2)C1. The molecule has 1 N–H and O–H groups in total. The van der Waals surface area contributed by atoms with Gasteiger partial charge in [0.05, 0.1) is 24.3 Å². The van der Waals surface area contributed by atoms with Crippen LogP contribution in [0.2, 0.25) is 0 Å². The Labute approximate surface area is 141 Å². The molecule has 5 nitrogen and oxygen atoms in total. The van der Waals surface area contributed by atoms with Crippen LogP contribution in [0, 0.1) is 0 Å². The van der Waals surface area contributed by atoms with E-state index in [0.29, 0.717) is 18.1 Å². The molecule has 122 valence electrons. The zero-order chi connectivity index (χ0) is 16.3. The third kappa shape index (κ3) is 4.11. The van der Waals surface area contributed by atoms with Gasteiger partial charge in [-0.05, 0) is 42.9 Å². The van der Waals surface area contributed by atoms with Crippen molar-refractivity contribution >= 4 is 32.9 Å². The first-order valence-corrected chi connectivity index (χ1v) is 9.62. The van der Waals surface area contributed by atoms with E-state index in [0.717, 1.165) is 11.4 Å². The van der Waals surface area contributed by atoms with E-state index in [2.05, 4.69) is 5.32 Å². The lowest BCUT2D eigenvalue weighted by molar-refractivity contribution is 0.302. The number of anilines is 1. The van der Waals surface area contributed by atoms with Gasteiger partial charge in [0.1, 0.15) is 5.76 Å². The van der Waals surface area contributed by atoms with Gasteiger partial charge in [0.15, 0.2) is 14.9 Å². The molecule has 0 radical (unpaired) electrons. The topological polar surface area (TPSA) is 62.6 Å². The van der Waals surface area contributed by atoms with Gasteiger partial charge < -0.3 is 14.6 Å². The molecule has 2 aromatic rings. The van der Waals surface area contributed by atoms with Crippen LogP contribution in [-0.4, -0.2) is 36.0 Å². The molecule has 3 rings (SSSR count). The minimum absolute atomic E-state index is 0.129. The van der Waals surface area contributed by atoms with E-state index in [1.807, 2.05) is 47.4 Å². The van der Waals surface area contributed by atoms with Gasteiger partial charge in [-0.2, -0.15) is 0 Å². The number of benzene rings is 1. The summed E-state index contributed by atoms with van der Waals surface area (Å²) in [5.74, 6) is 1.09. The first-order chi connectivity index (χ1) is 11.0. The second kappa shape index (κ2) is 6.72. The molecular weight excluding hydrogens is 332 g/mol. The maximum absolute atomic E-state index is 11.8. The summed E-state index contributed by atoms with van der Waals surface area (Å²) < 4.78 is 29.0. The molecule has 1 aromatic heterocycles. The average molecular weight is 350 g/mol. The average Bonchev–Trinajstić information content (AvgIpc) is 3.15. The van der Waals surface area contributed by atoms with Crippen LogP contribution in [0.3, 0.4) is 0 Å². The van der Waals surface area contributed by atoms with Crippen molar-refractivity contribution in [2.24, 2.45) is 0 Å². The number of furan rings is 1. The van der Waals surface area contributed by atoms with Gasteiger partial charge in [0.2, 0.25) is 0 Å². The monoisotopic (exact) mass is 350 g/mol. The fourth-order valence-electron chi connectivity index (χ4n) is 2.68. The largest absolute Gasteiger partial charge is 0.467 e. The highest BCUT2D eigenvalue weighted by Crippen LogP contribution is 2.21. The molecule has 1 aromatic carbocycles. The highest BCUT2D eigenvalue weighted by molar-refractivity contribution is 7.91. The quantitative estimate of drug-likeness (QED) is 0.856. The lowest BCUT2D eigenvalue weighted by Gasteiger charge is -2.30. The van der Waals surface area contributed by atoms with Crippen molar-refractivity contribution < 1.29 is 12.8 Å². The van der Waals surface area contributed by atoms with Gasteiger partial charge >= 0.3 is 0 Å². The van der Waals surface area contributed by atoms with E-state index in [1.165, 1.54) is 0 Å². The fourth-order valence-corrected chi connectivity index (χ4v) is 4.74. The van der Waals surface area contributed by atoms with E-state index in [1.54, 1.807) is 6.26 Å². The Bertz CT molecular complexity index is 758. The molecular formula is C16H18N2O3S2. The highest BCUT2D eigenvalue weighted by Gasteiger charge is 2.33. The second-order valence-electron chi connectivity index (χ2n) is 5.56. The Kier molecular flexibility index (Phi) is 4.68. The third-order valence-electron chi connectivity index (χ3n) is 3.84. The Hall–Kier alpha value is -1.86. The number of hydrogen-bond donors (Lipinski definition) is 1. The van der Waals surface area contributed by atoms with Crippen molar-refractivity contribution in [2.75, 3.05) is 16.8 Å². The van der Waals surface area contributed by atoms with Crippen molar-refractivity contribution in [1.29, 1.82) is 0 Å². The van der Waals surface area contributed by atoms with E-state index in [9.17, 15) is 8.42 Å². The van der Waals surface area contributed by atoms with Crippen LogP contribution in [-0.2, 0) is 16.4 Å². The molecule has 1 aliphatic heterocycles. The zero-order valence-corrected chi connectivity index (χ0v) is 14.1. The van der Waals surface area contributed by atoms with Gasteiger partial charge in [0, 0.05) is 11.7 Å². The zero-order valence-electron chi connectivity index (χ0n) is 12.5. The standard InChI is InChI=1S/C16H18N2O3S2/c19-23(20)10-8-14(12-23)18(11-15-7-4-9-21-15)16(22)17-13-5-2-1-3-6-13/h1-7,9,14H,8,10-12H2,(H,17,22). The number of para-hydroxylation sites is 1. The molecule has 1 fully saturated rings. The minimum Gasteiger partial charge on any atom is -0.467 e. The Balaban J connectivity index is 1.78. The lowest BCUT2D eigenvalue weighted by Crippen LogP contribution is -2.42. The Morgan fingerprint density at radius 1 is 1.26 bits per heavy atom. The van der Waals surface area contributed by atoms with Gasteiger partial charge in [-0.1, -0.05) is 18.2 Å². The maximum Gasteiger partial charge on any atom is 0.174 e. The van der Waals surface area contributed by atoms with Crippen molar-refractivity contribution in [2.45, 2.75) is 19.0 Å². The smallest absolute Gasteiger partial charge is 0.174 e. The summed E-state index contributed by atoms with van der Waals surface area (Å²) in [6.07, 6.45) is 2.19. The summed E-state index contributed by atoms with van der Waals surface area (Å²) in [5, 5.41) is 3.69. The summed E-state index contributed by atoms with van der Waals surface area (Å²) in [6, 6.07) is 13.1. The molecule has 0 amide bonds. The van der Waals surface area contributed by atoms with Crippen LogP contribution >= 0.6 is 12.2 Å². The molecule has 7 heteroatoms. The van der Waals surface area contributed by atoms with Crippen molar-refractivity contribution in [3.63, 3.8) is 0 Å². The molecule has 0 aliphatic carbocycles. The number of thiocarbonyl (C=S) groups is 1. The molecule has 1 saturated heterocycles. The predicted molar refractivity (Wildman–Crippen MR) is 94.0 cm³/mol. The van der Waals surface area contributed by atoms with Crippen LogP contribution in [0.15, 0.2) is 53.1 Å². The first-order valence-electron chi connectivity index (χ1n) is 7.39. The van der Waals surface area contributed by atoms with Crippen LogP contribution in [0.4, 0.5) is 5.69 Å². The molecule has 1 unspecified atom stereocenters. The number of nitrogens with one attached hydrogen (secondary N) is 1. The summed E-state index contributed by atoms with van der Waals surface area (Å²) in [6.45, 7) is 0.450. The minimum atomic E-state index is -2.99. The Morgan fingerprint density at radius 3 is 2.65 bits per heavy atom. The number of sulfone groups is 1. The summed E-state index contributed by atoms with van der Waals surface area (Å²) in [4.78, 5) is 1.91. The lowest BCUT2D eigenvalue weighted by atomic mass is 10.2. The van der Waals surface area contributed by atoms with Crippen LogP contribution in [0.1, 0.15) is 12.2 Å². The normalized spacial score (nSPS) is 19.4. The predicted octanol–water partition coefficient (Wildman–Crippen LogP) is 2.67. The fraction of sp³-hybridized carbons (Fsp3) is 0.312. The maximum atomic E-state index is 11.8. The van der Waals surface area contributed by atoms with E-state index in [-0.39, 0.29) is 17.5 Å². The van der Waals surface area contributed by atoms with Crippen molar-refractivity contribution in [3.05, 3.63) is 54.5 Å². The molecule has 1 aliphatic rings. The van der Waals surface area contributed by atoms with E-state index >= 15 is 0 Å². The number of rotatable bonds is 4. The van der Waals surface area contributed by atoms with Gasteiger partial charge in [-0.15, -0.1) is 0 Å². The number of hydrogen-bond acceptors (Lipinski definition) is 4. The van der Waals surface area contributed by atoms with E-state index < -0.39 is 9.84 Å². The highest BCUT2D eigenvalue weighted by atomic mass is 32.2.